The van der Waals surface area contributed by atoms with Crippen LogP contribution in [0.2, 0.25) is 0 Å². The minimum atomic E-state index is -0.420. The number of nitrogens with zero attached hydrogens (tertiary/aromatic N) is 1. The van der Waals surface area contributed by atoms with Crippen molar-refractivity contribution in [1.82, 2.24) is 4.90 Å². The Labute approximate surface area is 127 Å². The van der Waals surface area contributed by atoms with Gasteiger partial charge in [-0.15, -0.1) is 0 Å². The summed E-state index contributed by atoms with van der Waals surface area (Å²) in [6.45, 7) is 4.17. The highest BCUT2D eigenvalue weighted by Crippen LogP contribution is 2.15. The second-order valence-corrected chi connectivity index (χ2v) is 5.70. The Morgan fingerprint density at radius 1 is 1.35 bits per heavy atom. The Hall–Kier alpha value is -1.42. The second-order valence-electron chi connectivity index (χ2n) is 5.23. The summed E-state index contributed by atoms with van der Waals surface area (Å²) >= 11 is 5.09. The van der Waals surface area contributed by atoms with Crippen LogP contribution in [0.3, 0.4) is 0 Å². The number of rotatable bonds is 7. The number of hydrogen-bond donors (Lipinski definition) is 1. The van der Waals surface area contributed by atoms with Gasteiger partial charge in [-0.05, 0) is 25.3 Å². The Balaban J connectivity index is 2.80. The fraction of sp³-hybridized carbons (Fsp3) is 0.500. The lowest BCUT2D eigenvalue weighted by atomic mass is 9.97. The molecule has 0 spiro atoms. The monoisotopic (exact) mass is 292 g/mol. The Morgan fingerprint density at radius 3 is 2.45 bits per heavy atom. The molecule has 0 aliphatic rings. The van der Waals surface area contributed by atoms with Crippen LogP contribution in [0.4, 0.5) is 0 Å². The number of nitrogens with two attached hydrogens (primary N) is 1. The molecule has 0 saturated heterocycles. The highest BCUT2D eigenvalue weighted by molar-refractivity contribution is 7.80. The molecule has 0 aromatic heterocycles. The van der Waals surface area contributed by atoms with Gasteiger partial charge in [0.1, 0.15) is 0 Å². The van der Waals surface area contributed by atoms with Gasteiger partial charge in [-0.2, -0.15) is 0 Å². The lowest BCUT2D eigenvalue weighted by Crippen LogP contribution is -2.44. The van der Waals surface area contributed by atoms with Gasteiger partial charge in [0.15, 0.2) is 0 Å². The molecule has 0 fully saturated rings. The maximum absolute atomic E-state index is 12.6. The molecule has 1 amide bonds. The van der Waals surface area contributed by atoms with Crippen LogP contribution >= 0.6 is 12.2 Å². The average Bonchev–Trinajstić information content (AvgIpc) is 2.44. The molecule has 0 aliphatic heterocycles. The molecule has 4 heteroatoms. The lowest BCUT2D eigenvalue weighted by molar-refractivity contribution is -0.133. The van der Waals surface area contributed by atoms with E-state index in [-0.39, 0.29) is 16.9 Å². The van der Waals surface area contributed by atoms with E-state index in [9.17, 15) is 4.79 Å². The van der Waals surface area contributed by atoms with Crippen molar-refractivity contribution >= 4 is 23.1 Å². The van der Waals surface area contributed by atoms with Gasteiger partial charge in [-0.3, -0.25) is 4.79 Å². The summed E-state index contributed by atoms with van der Waals surface area (Å²) in [7, 11) is 1.83. The first-order valence-corrected chi connectivity index (χ1v) is 7.48. The third-order valence-electron chi connectivity index (χ3n) is 3.64. The highest BCUT2D eigenvalue weighted by atomic mass is 32.1. The minimum absolute atomic E-state index is 0.0160. The molecule has 3 nitrogen and oxygen atoms in total. The van der Waals surface area contributed by atoms with E-state index in [2.05, 4.69) is 13.8 Å². The minimum Gasteiger partial charge on any atom is -0.393 e. The molecule has 0 heterocycles. The summed E-state index contributed by atoms with van der Waals surface area (Å²) in [4.78, 5) is 14.6. The summed E-state index contributed by atoms with van der Waals surface area (Å²) in [5.41, 5.74) is 6.86. The molecule has 20 heavy (non-hydrogen) atoms. The number of carbonyl (C=O) groups excluding carboxylic acids is 1. The summed E-state index contributed by atoms with van der Waals surface area (Å²) in [5.74, 6) is -0.404. The van der Waals surface area contributed by atoms with Gasteiger partial charge >= 0.3 is 0 Å². The molecular weight excluding hydrogens is 268 g/mol. The van der Waals surface area contributed by atoms with E-state index in [1.54, 1.807) is 4.90 Å². The van der Waals surface area contributed by atoms with Crippen molar-refractivity contribution in [2.45, 2.75) is 39.2 Å². The van der Waals surface area contributed by atoms with Crippen molar-refractivity contribution in [1.29, 1.82) is 0 Å². The largest absolute Gasteiger partial charge is 0.393 e. The van der Waals surface area contributed by atoms with Crippen LogP contribution in [0.5, 0.6) is 0 Å². The molecule has 0 aliphatic carbocycles. The zero-order chi connectivity index (χ0) is 15.1. The molecule has 1 aromatic carbocycles. The van der Waals surface area contributed by atoms with Gasteiger partial charge in [0, 0.05) is 13.1 Å². The fourth-order valence-corrected chi connectivity index (χ4v) is 2.42. The zero-order valence-corrected chi connectivity index (χ0v) is 13.3. The molecule has 2 N–H and O–H groups in total. The predicted octanol–water partition coefficient (Wildman–Crippen LogP) is 2.78. The Morgan fingerprint density at radius 2 is 1.95 bits per heavy atom. The summed E-state index contributed by atoms with van der Waals surface area (Å²) in [5, 5.41) is 0. The first-order chi connectivity index (χ1) is 9.47. The standard InChI is InChI=1S/C16H24N2OS/c1-4-8-12(2)18(3)16(19)14(15(17)20)11-13-9-6-5-7-10-13/h5-7,9-10,12,14H,4,8,11H2,1-3H3,(H2,17,20). The summed E-state index contributed by atoms with van der Waals surface area (Å²) < 4.78 is 0. The van der Waals surface area contributed by atoms with E-state index in [1.807, 2.05) is 37.4 Å². The fourth-order valence-electron chi connectivity index (χ4n) is 2.23. The maximum Gasteiger partial charge on any atom is 0.232 e. The normalized spacial score (nSPS) is 13.6. The number of benzene rings is 1. The van der Waals surface area contributed by atoms with E-state index in [0.29, 0.717) is 6.42 Å². The third kappa shape index (κ3) is 4.60. The number of carbonyl (C=O) groups is 1. The van der Waals surface area contributed by atoms with Gasteiger partial charge < -0.3 is 10.6 Å². The molecular formula is C16H24N2OS. The van der Waals surface area contributed by atoms with E-state index < -0.39 is 5.92 Å². The summed E-state index contributed by atoms with van der Waals surface area (Å²) in [6, 6.07) is 10.1. The average molecular weight is 292 g/mol. The second kappa shape index (κ2) is 8.00. The maximum atomic E-state index is 12.6. The van der Waals surface area contributed by atoms with E-state index in [4.69, 9.17) is 18.0 Å². The smallest absolute Gasteiger partial charge is 0.232 e. The van der Waals surface area contributed by atoms with Crippen LogP contribution in [0.25, 0.3) is 0 Å². The van der Waals surface area contributed by atoms with Crippen LogP contribution < -0.4 is 5.73 Å². The van der Waals surface area contributed by atoms with Crippen molar-refractivity contribution in [2.75, 3.05) is 7.05 Å². The van der Waals surface area contributed by atoms with E-state index in [0.717, 1.165) is 18.4 Å². The van der Waals surface area contributed by atoms with Crippen LogP contribution in [-0.4, -0.2) is 28.9 Å². The molecule has 0 saturated carbocycles. The van der Waals surface area contributed by atoms with Crippen LogP contribution in [0.15, 0.2) is 30.3 Å². The van der Waals surface area contributed by atoms with Crippen molar-refractivity contribution in [3.8, 4) is 0 Å². The molecule has 1 rings (SSSR count). The van der Waals surface area contributed by atoms with Crippen molar-refractivity contribution in [3.05, 3.63) is 35.9 Å². The molecule has 1 aromatic rings. The SMILES string of the molecule is CCCC(C)N(C)C(=O)C(Cc1ccccc1)C(N)=S. The van der Waals surface area contributed by atoms with Crippen LogP contribution in [-0.2, 0) is 11.2 Å². The van der Waals surface area contributed by atoms with Crippen molar-refractivity contribution in [3.63, 3.8) is 0 Å². The summed E-state index contributed by atoms with van der Waals surface area (Å²) in [6.07, 6.45) is 2.60. The number of thiocarbonyl (C=S) groups is 1. The van der Waals surface area contributed by atoms with E-state index >= 15 is 0 Å². The van der Waals surface area contributed by atoms with Crippen molar-refractivity contribution < 1.29 is 4.79 Å². The highest BCUT2D eigenvalue weighted by Gasteiger charge is 2.27. The molecule has 2 atom stereocenters. The molecule has 2 unspecified atom stereocenters. The zero-order valence-electron chi connectivity index (χ0n) is 12.5. The van der Waals surface area contributed by atoms with Gasteiger partial charge in [0.2, 0.25) is 5.91 Å². The predicted molar refractivity (Wildman–Crippen MR) is 87.6 cm³/mol. The van der Waals surface area contributed by atoms with Gasteiger partial charge in [-0.1, -0.05) is 55.9 Å². The molecule has 110 valence electrons. The van der Waals surface area contributed by atoms with Gasteiger partial charge in [0.05, 0.1) is 10.9 Å². The van der Waals surface area contributed by atoms with Gasteiger partial charge in [-0.25, -0.2) is 0 Å². The molecule has 0 radical (unpaired) electrons. The number of hydrogen-bond acceptors (Lipinski definition) is 2. The van der Waals surface area contributed by atoms with Crippen LogP contribution in [0.1, 0.15) is 32.3 Å². The van der Waals surface area contributed by atoms with E-state index in [1.165, 1.54) is 0 Å². The lowest BCUT2D eigenvalue weighted by Gasteiger charge is -2.28. The van der Waals surface area contributed by atoms with Crippen LogP contribution in [0, 0.1) is 5.92 Å². The Kier molecular flexibility index (Phi) is 6.65. The first-order valence-electron chi connectivity index (χ1n) is 7.07. The molecule has 0 bridgehead atoms. The van der Waals surface area contributed by atoms with Crippen molar-refractivity contribution in [2.24, 2.45) is 11.7 Å². The Bertz CT molecular complexity index is 447. The third-order valence-corrected chi connectivity index (χ3v) is 3.92. The topological polar surface area (TPSA) is 46.3 Å². The van der Waals surface area contributed by atoms with Gasteiger partial charge in [0.25, 0.3) is 0 Å². The first kappa shape index (κ1) is 16.6. The quantitative estimate of drug-likeness (QED) is 0.786. The number of amides is 1.